The van der Waals surface area contributed by atoms with Crippen LogP contribution in [0.15, 0.2) is 47.5 Å². The van der Waals surface area contributed by atoms with Gasteiger partial charge in [-0.15, -0.1) is 12.4 Å². The number of amides is 1. The average molecular weight is 545 g/mol. The van der Waals surface area contributed by atoms with Crippen molar-refractivity contribution in [2.24, 2.45) is 0 Å². The second kappa shape index (κ2) is 10.7. The lowest BCUT2D eigenvalue weighted by Crippen LogP contribution is -2.54. The Morgan fingerprint density at radius 3 is 2.14 bits per heavy atom. The van der Waals surface area contributed by atoms with E-state index in [1.807, 2.05) is 0 Å². The van der Waals surface area contributed by atoms with Crippen molar-refractivity contribution < 1.29 is 45.1 Å². The predicted molar refractivity (Wildman–Crippen MR) is 116 cm³/mol. The maximum Gasteiger partial charge on any atom is 0.453 e. The van der Waals surface area contributed by atoms with Crippen molar-refractivity contribution in [3.05, 3.63) is 48.2 Å². The minimum atomic E-state index is -5.62. The van der Waals surface area contributed by atoms with E-state index in [2.05, 4.69) is 4.98 Å². The van der Waals surface area contributed by atoms with Gasteiger partial charge in [0.1, 0.15) is 0 Å². The molecule has 0 spiro atoms. The molecule has 194 valence electrons. The van der Waals surface area contributed by atoms with E-state index in [9.17, 15) is 35.2 Å². The summed E-state index contributed by atoms with van der Waals surface area (Å²) < 4.78 is 92.8. The SMILES string of the molecule is Cl.O=C(NO)C1(S(=O)(=O)c2ccc(-c3ccc(CCC(F)(F)C(F)(F)F)cn3)cc2)CCOCC1. The molecule has 2 aromatic rings. The van der Waals surface area contributed by atoms with Crippen molar-refractivity contribution in [1.29, 1.82) is 0 Å². The molecule has 35 heavy (non-hydrogen) atoms. The highest BCUT2D eigenvalue weighted by molar-refractivity contribution is 7.93. The Morgan fingerprint density at radius 1 is 1.06 bits per heavy atom. The van der Waals surface area contributed by atoms with E-state index in [0.29, 0.717) is 11.3 Å². The van der Waals surface area contributed by atoms with Gasteiger partial charge in [-0.05, 0) is 43.0 Å². The summed E-state index contributed by atoms with van der Waals surface area (Å²) in [6, 6.07) is 8.18. The van der Waals surface area contributed by atoms with Gasteiger partial charge < -0.3 is 4.74 Å². The number of halogens is 6. The van der Waals surface area contributed by atoms with Gasteiger partial charge in [-0.25, -0.2) is 13.9 Å². The lowest BCUT2D eigenvalue weighted by molar-refractivity contribution is -0.284. The zero-order valence-corrected chi connectivity index (χ0v) is 19.7. The number of rotatable bonds is 7. The first-order chi connectivity index (χ1) is 15.8. The molecule has 1 aromatic carbocycles. The fourth-order valence-corrected chi connectivity index (χ4v) is 5.58. The molecule has 7 nitrogen and oxygen atoms in total. The number of carbonyl (C=O) groups excluding carboxylic acids is 1. The summed E-state index contributed by atoms with van der Waals surface area (Å²) in [5.41, 5.74) is 2.41. The van der Waals surface area contributed by atoms with Crippen LogP contribution in [0.25, 0.3) is 11.3 Å². The van der Waals surface area contributed by atoms with Crippen LogP contribution in [0.2, 0.25) is 0 Å². The van der Waals surface area contributed by atoms with Crippen molar-refractivity contribution in [3.63, 3.8) is 0 Å². The first-order valence-corrected chi connectivity index (χ1v) is 11.6. The highest BCUT2D eigenvalue weighted by Crippen LogP contribution is 2.39. The van der Waals surface area contributed by atoms with Crippen LogP contribution < -0.4 is 5.48 Å². The van der Waals surface area contributed by atoms with Gasteiger partial charge >= 0.3 is 12.1 Å². The molecule has 2 N–H and O–H groups in total. The number of pyridine rings is 1. The Bertz CT molecular complexity index is 1120. The van der Waals surface area contributed by atoms with Gasteiger partial charge in [0.05, 0.1) is 10.6 Å². The fraction of sp³-hybridized carbons (Fsp3) is 0.429. The first-order valence-electron chi connectivity index (χ1n) is 10.1. The Kier molecular flexibility index (Phi) is 8.85. The molecule has 0 aliphatic carbocycles. The van der Waals surface area contributed by atoms with E-state index in [1.165, 1.54) is 48.1 Å². The topological polar surface area (TPSA) is 106 Å². The van der Waals surface area contributed by atoms with E-state index in [-0.39, 0.29) is 48.9 Å². The summed E-state index contributed by atoms with van der Waals surface area (Å²) in [6.45, 7) is 0.0474. The van der Waals surface area contributed by atoms with Gasteiger partial charge in [-0.3, -0.25) is 15.0 Å². The van der Waals surface area contributed by atoms with E-state index >= 15 is 0 Å². The van der Waals surface area contributed by atoms with Gasteiger partial charge in [0.25, 0.3) is 5.91 Å². The van der Waals surface area contributed by atoms with Crippen LogP contribution in [-0.4, -0.2) is 54.6 Å². The molecule has 0 radical (unpaired) electrons. The molecule has 1 amide bonds. The van der Waals surface area contributed by atoms with Gasteiger partial charge in [0.15, 0.2) is 14.6 Å². The predicted octanol–water partition coefficient (Wildman–Crippen LogP) is 4.13. The summed E-state index contributed by atoms with van der Waals surface area (Å²) in [4.78, 5) is 16.2. The Labute approximate surface area is 204 Å². The molecular weight excluding hydrogens is 523 g/mol. The molecule has 0 bridgehead atoms. The minimum Gasteiger partial charge on any atom is -0.381 e. The van der Waals surface area contributed by atoms with Crippen molar-refractivity contribution in [3.8, 4) is 11.3 Å². The number of sulfone groups is 1. The Balaban J connectivity index is 0.00000432. The van der Waals surface area contributed by atoms with Crippen LogP contribution in [0, 0.1) is 0 Å². The maximum absolute atomic E-state index is 13.2. The number of nitrogens with zero attached hydrogens (tertiary/aromatic N) is 1. The van der Waals surface area contributed by atoms with Crippen molar-refractivity contribution in [2.45, 2.75) is 47.4 Å². The second-order valence-corrected chi connectivity index (χ2v) is 10.1. The minimum absolute atomic E-state index is 0. The summed E-state index contributed by atoms with van der Waals surface area (Å²) in [7, 11) is -4.21. The standard InChI is InChI=1S/C21H21F5N2O5S.ClH/c22-20(23,21(24,25)26)8-7-14-1-6-17(27-13-14)15-2-4-16(5-3-15)34(31,32)19(18(29)28-30)9-11-33-12-10-19;/h1-6,13,30H,7-12H2,(H,28,29);1H. The number of carbonyl (C=O) groups is 1. The maximum atomic E-state index is 13.2. The van der Waals surface area contributed by atoms with Crippen LogP contribution in [0.5, 0.6) is 0 Å². The van der Waals surface area contributed by atoms with Crippen LogP contribution >= 0.6 is 12.4 Å². The van der Waals surface area contributed by atoms with E-state index < -0.39 is 45.4 Å². The molecule has 2 heterocycles. The van der Waals surface area contributed by atoms with Gasteiger partial charge in [0, 0.05) is 31.4 Å². The van der Waals surface area contributed by atoms with Crippen molar-refractivity contribution >= 4 is 28.2 Å². The molecule has 1 aromatic heterocycles. The van der Waals surface area contributed by atoms with E-state index in [4.69, 9.17) is 9.94 Å². The number of aromatic nitrogens is 1. The van der Waals surface area contributed by atoms with E-state index in [0.717, 1.165) is 0 Å². The Hall–Kier alpha value is -2.35. The largest absolute Gasteiger partial charge is 0.453 e. The molecule has 1 saturated heterocycles. The number of hydrogen-bond acceptors (Lipinski definition) is 6. The molecule has 0 saturated carbocycles. The van der Waals surface area contributed by atoms with Gasteiger partial charge in [0.2, 0.25) is 0 Å². The molecule has 1 fully saturated rings. The van der Waals surface area contributed by atoms with Crippen LogP contribution in [0.4, 0.5) is 22.0 Å². The zero-order chi connectivity index (χ0) is 25.2. The molecule has 0 atom stereocenters. The third-order valence-corrected chi connectivity index (χ3v) is 8.27. The van der Waals surface area contributed by atoms with Crippen molar-refractivity contribution in [1.82, 2.24) is 10.5 Å². The molecule has 0 unspecified atom stereocenters. The van der Waals surface area contributed by atoms with Crippen LogP contribution in [0.3, 0.4) is 0 Å². The van der Waals surface area contributed by atoms with Crippen LogP contribution in [-0.2, 0) is 25.8 Å². The number of benzene rings is 1. The number of hydrogen-bond donors (Lipinski definition) is 2. The molecule has 1 aliphatic heterocycles. The Morgan fingerprint density at radius 2 is 1.66 bits per heavy atom. The quantitative estimate of drug-likeness (QED) is 0.308. The highest BCUT2D eigenvalue weighted by Gasteiger charge is 2.56. The molecule has 1 aliphatic rings. The number of hydroxylamine groups is 1. The molecular formula is C21H22ClF5N2O5S. The second-order valence-electron chi connectivity index (χ2n) is 7.83. The smallest absolute Gasteiger partial charge is 0.381 e. The summed E-state index contributed by atoms with van der Waals surface area (Å²) in [6.07, 6.45) is -6.66. The monoisotopic (exact) mass is 544 g/mol. The third-order valence-electron chi connectivity index (χ3n) is 5.76. The normalized spacial score (nSPS) is 16.3. The fourth-order valence-electron chi connectivity index (χ4n) is 3.64. The number of alkyl halides is 5. The van der Waals surface area contributed by atoms with Crippen LogP contribution in [0.1, 0.15) is 24.8 Å². The van der Waals surface area contributed by atoms with Gasteiger partial charge in [-0.1, -0.05) is 18.2 Å². The number of nitrogens with one attached hydrogen (secondary N) is 1. The molecule has 3 rings (SSSR count). The average Bonchev–Trinajstić information content (AvgIpc) is 2.82. The summed E-state index contributed by atoms with van der Waals surface area (Å²) in [5.74, 6) is -5.85. The van der Waals surface area contributed by atoms with Gasteiger partial charge in [-0.2, -0.15) is 22.0 Å². The zero-order valence-electron chi connectivity index (χ0n) is 18.0. The molecule has 14 heteroatoms. The summed E-state index contributed by atoms with van der Waals surface area (Å²) >= 11 is 0. The lowest BCUT2D eigenvalue weighted by Gasteiger charge is -2.34. The number of ether oxygens (including phenoxy) is 1. The van der Waals surface area contributed by atoms with E-state index in [1.54, 1.807) is 0 Å². The highest BCUT2D eigenvalue weighted by atomic mass is 35.5. The van der Waals surface area contributed by atoms with Crippen molar-refractivity contribution in [2.75, 3.05) is 13.2 Å². The lowest BCUT2D eigenvalue weighted by atomic mass is 9.98. The first kappa shape index (κ1) is 28.9. The number of aryl methyl sites for hydroxylation is 1. The third kappa shape index (κ3) is 5.74. The summed E-state index contributed by atoms with van der Waals surface area (Å²) in [5, 5.41) is 9.09.